The summed E-state index contributed by atoms with van der Waals surface area (Å²) in [5, 5.41) is 33.3. The summed E-state index contributed by atoms with van der Waals surface area (Å²) in [6.45, 7) is 0. The summed E-state index contributed by atoms with van der Waals surface area (Å²) in [5.74, 6) is -6.21. The topological polar surface area (TPSA) is 132 Å². The molecule has 14 heavy (non-hydrogen) atoms. The van der Waals surface area contributed by atoms with E-state index in [-0.39, 0.29) is 6.08 Å². The predicted octanol–water partition coefficient (Wildman–Crippen LogP) is -0.391. The fourth-order valence-corrected chi connectivity index (χ4v) is 0.507. The molecule has 0 aliphatic carbocycles. The molecule has 0 unspecified atom stereocenters. The Kier molecular flexibility index (Phi) is 3.88. The molecule has 0 fully saturated rings. The third-order valence-electron chi connectivity index (χ3n) is 1.04. The van der Waals surface area contributed by atoms with E-state index < -0.39 is 29.2 Å². The van der Waals surface area contributed by atoms with E-state index in [4.69, 9.17) is 20.4 Å². The van der Waals surface area contributed by atoms with Gasteiger partial charge in [-0.05, 0) is 0 Å². The standard InChI is InChI=1S/C7H6O7/c8-4(7(13)14)1-3(6(11)12)2-5(9)10/h1-2,8H,(H,9,10)(H,11,12)(H,13,14)/b3-2+,4-1-. The normalized spacial score (nSPS) is 12.3. The molecule has 0 saturated carbocycles. The average molecular weight is 202 g/mol. The van der Waals surface area contributed by atoms with Crippen molar-refractivity contribution in [2.24, 2.45) is 0 Å². The second-order valence-electron chi connectivity index (χ2n) is 2.08. The molecule has 7 nitrogen and oxygen atoms in total. The van der Waals surface area contributed by atoms with Gasteiger partial charge in [-0.15, -0.1) is 0 Å². The molecule has 0 saturated heterocycles. The van der Waals surface area contributed by atoms with Gasteiger partial charge in [0.05, 0.1) is 5.57 Å². The summed E-state index contributed by atoms with van der Waals surface area (Å²) in [6, 6.07) is 0. The van der Waals surface area contributed by atoms with Crippen LogP contribution in [0.2, 0.25) is 0 Å². The summed E-state index contributed by atoms with van der Waals surface area (Å²) < 4.78 is 0. The Morgan fingerprint density at radius 2 is 1.29 bits per heavy atom. The quantitative estimate of drug-likeness (QED) is 0.277. The van der Waals surface area contributed by atoms with Gasteiger partial charge in [-0.3, -0.25) is 0 Å². The number of aliphatic hydroxyl groups excluding tert-OH is 1. The highest BCUT2D eigenvalue weighted by Crippen LogP contribution is 2.01. The van der Waals surface area contributed by atoms with Crippen LogP contribution < -0.4 is 0 Å². The van der Waals surface area contributed by atoms with Crippen LogP contribution in [-0.2, 0) is 14.4 Å². The number of carbonyl (C=O) groups is 3. The fourth-order valence-electron chi connectivity index (χ4n) is 0.507. The summed E-state index contributed by atoms with van der Waals surface area (Å²) in [7, 11) is 0. The van der Waals surface area contributed by atoms with Crippen molar-refractivity contribution < 1.29 is 34.8 Å². The minimum Gasteiger partial charge on any atom is -0.502 e. The fraction of sp³-hybridized carbons (Fsp3) is 0. The van der Waals surface area contributed by atoms with Crippen LogP contribution >= 0.6 is 0 Å². The molecule has 0 aromatic carbocycles. The molecule has 0 spiro atoms. The van der Waals surface area contributed by atoms with Gasteiger partial charge in [0.1, 0.15) is 0 Å². The third-order valence-corrected chi connectivity index (χ3v) is 1.04. The van der Waals surface area contributed by atoms with Crippen molar-refractivity contribution in [3.63, 3.8) is 0 Å². The first kappa shape index (κ1) is 11.7. The number of hydrogen-bond donors (Lipinski definition) is 4. The minimum absolute atomic E-state index is 0.265. The van der Waals surface area contributed by atoms with Gasteiger partial charge >= 0.3 is 17.9 Å². The SMILES string of the molecule is O=C(O)/C=C(\C=C(/O)C(=O)O)C(=O)O. The Hall–Kier alpha value is -2.31. The van der Waals surface area contributed by atoms with E-state index in [1.807, 2.05) is 0 Å². The van der Waals surface area contributed by atoms with Crippen LogP contribution in [0.1, 0.15) is 0 Å². The lowest BCUT2D eigenvalue weighted by atomic mass is 10.2. The molecule has 7 heteroatoms. The third kappa shape index (κ3) is 3.90. The number of carboxylic acid groups (broad SMARTS) is 3. The Labute approximate surface area is 77.2 Å². The molecular weight excluding hydrogens is 196 g/mol. The summed E-state index contributed by atoms with van der Waals surface area (Å²) in [5.41, 5.74) is -0.836. The highest BCUT2D eigenvalue weighted by molar-refractivity contribution is 5.98. The van der Waals surface area contributed by atoms with Gasteiger partial charge in [-0.2, -0.15) is 0 Å². The maximum absolute atomic E-state index is 10.3. The lowest BCUT2D eigenvalue weighted by Gasteiger charge is -1.94. The first-order chi connectivity index (χ1) is 6.34. The maximum Gasteiger partial charge on any atom is 0.370 e. The number of aliphatic hydroxyl groups is 1. The van der Waals surface area contributed by atoms with Crippen LogP contribution in [-0.4, -0.2) is 38.3 Å². The molecule has 0 radical (unpaired) electrons. The zero-order chi connectivity index (χ0) is 11.3. The number of hydrogen-bond acceptors (Lipinski definition) is 4. The number of carboxylic acids is 3. The second-order valence-corrected chi connectivity index (χ2v) is 2.08. The smallest absolute Gasteiger partial charge is 0.370 e. The minimum atomic E-state index is -1.75. The highest BCUT2D eigenvalue weighted by atomic mass is 16.4. The van der Waals surface area contributed by atoms with Crippen molar-refractivity contribution in [3.05, 3.63) is 23.5 Å². The van der Waals surface area contributed by atoms with Crippen molar-refractivity contribution in [1.29, 1.82) is 0 Å². The Balaban J connectivity index is 5.07. The van der Waals surface area contributed by atoms with E-state index in [9.17, 15) is 14.4 Å². The van der Waals surface area contributed by atoms with Crippen molar-refractivity contribution in [2.75, 3.05) is 0 Å². The van der Waals surface area contributed by atoms with Gasteiger partial charge in [0, 0.05) is 12.2 Å². The van der Waals surface area contributed by atoms with Crippen LogP contribution in [0.4, 0.5) is 0 Å². The van der Waals surface area contributed by atoms with Crippen molar-refractivity contribution >= 4 is 17.9 Å². The van der Waals surface area contributed by atoms with E-state index in [0.717, 1.165) is 0 Å². The Morgan fingerprint density at radius 1 is 0.786 bits per heavy atom. The molecule has 0 amide bonds. The maximum atomic E-state index is 10.3. The molecule has 0 aromatic rings. The van der Waals surface area contributed by atoms with Crippen LogP contribution in [0, 0.1) is 0 Å². The zero-order valence-electron chi connectivity index (χ0n) is 6.67. The molecule has 0 rings (SSSR count). The number of aliphatic carboxylic acids is 3. The van der Waals surface area contributed by atoms with Gasteiger partial charge in [0.25, 0.3) is 0 Å². The summed E-state index contributed by atoms with van der Waals surface area (Å²) >= 11 is 0. The molecule has 4 N–H and O–H groups in total. The van der Waals surface area contributed by atoms with Crippen molar-refractivity contribution in [3.8, 4) is 0 Å². The first-order valence-electron chi connectivity index (χ1n) is 3.16. The average Bonchev–Trinajstić information content (AvgIpc) is 2.01. The van der Waals surface area contributed by atoms with E-state index >= 15 is 0 Å². The molecular formula is C7H6O7. The Morgan fingerprint density at radius 3 is 1.57 bits per heavy atom. The largest absolute Gasteiger partial charge is 0.502 e. The van der Waals surface area contributed by atoms with Crippen LogP contribution in [0.15, 0.2) is 23.5 Å². The molecule has 76 valence electrons. The second kappa shape index (κ2) is 4.65. The van der Waals surface area contributed by atoms with E-state index in [1.54, 1.807) is 0 Å². The number of rotatable bonds is 4. The Bertz CT molecular complexity index is 336. The molecule has 0 aliphatic rings. The van der Waals surface area contributed by atoms with Gasteiger partial charge in [-0.1, -0.05) is 0 Å². The monoisotopic (exact) mass is 202 g/mol. The predicted molar refractivity (Wildman–Crippen MR) is 41.7 cm³/mol. The van der Waals surface area contributed by atoms with Gasteiger partial charge in [0.2, 0.25) is 5.76 Å². The molecule has 0 aliphatic heterocycles. The molecule has 0 aromatic heterocycles. The van der Waals surface area contributed by atoms with Crippen molar-refractivity contribution in [1.82, 2.24) is 0 Å². The zero-order valence-corrected chi connectivity index (χ0v) is 6.67. The van der Waals surface area contributed by atoms with E-state index in [1.165, 1.54) is 0 Å². The van der Waals surface area contributed by atoms with Gasteiger partial charge in [-0.25, -0.2) is 14.4 Å². The van der Waals surface area contributed by atoms with Crippen LogP contribution in [0.5, 0.6) is 0 Å². The van der Waals surface area contributed by atoms with Crippen molar-refractivity contribution in [2.45, 2.75) is 0 Å². The van der Waals surface area contributed by atoms with Gasteiger partial charge in [0.15, 0.2) is 0 Å². The highest BCUT2D eigenvalue weighted by Gasteiger charge is 2.11. The lowest BCUT2D eigenvalue weighted by Crippen LogP contribution is -2.06. The molecule has 0 heterocycles. The van der Waals surface area contributed by atoms with Crippen LogP contribution in [0.3, 0.4) is 0 Å². The molecule has 0 atom stereocenters. The summed E-state index contributed by atoms with van der Waals surface area (Å²) in [4.78, 5) is 30.4. The van der Waals surface area contributed by atoms with E-state index in [2.05, 4.69) is 0 Å². The summed E-state index contributed by atoms with van der Waals surface area (Å²) in [6.07, 6.45) is 0.597. The molecule has 0 bridgehead atoms. The van der Waals surface area contributed by atoms with E-state index in [0.29, 0.717) is 6.08 Å². The van der Waals surface area contributed by atoms with Crippen LogP contribution in [0.25, 0.3) is 0 Å². The lowest BCUT2D eigenvalue weighted by molar-refractivity contribution is -0.136. The first-order valence-corrected chi connectivity index (χ1v) is 3.16. The van der Waals surface area contributed by atoms with Gasteiger partial charge < -0.3 is 20.4 Å².